The Kier molecular flexibility index (Phi) is 4.67. The van der Waals surface area contributed by atoms with Crippen molar-refractivity contribution in [1.29, 1.82) is 0 Å². The summed E-state index contributed by atoms with van der Waals surface area (Å²) in [5.41, 5.74) is 3.55. The van der Waals surface area contributed by atoms with E-state index in [0.29, 0.717) is 19.0 Å². The quantitative estimate of drug-likeness (QED) is 0.260. The molecule has 0 aliphatic carbocycles. The smallest absolute Gasteiger partial charge is 0.154 e. The van der Waals surface area contributed by atoms with Gasteiger partial charge in [0, 0.05) is 7.11 Å². The van der Waals surface area contributed by atoms with Crippen LogP contribution < -0.4 is 11.3 Å². The normalized spacial score (nSPS) is 11.9. The van der Waals surface area contributed by atoms with Crippen molar-refractivity contribution >= 4 is 17.2 Å². The van der Waals surface area contributed by atoms with Gasteiger partial charge in [0.05, 0.1) is 28.7 Å². The van der Waals surface area contributed by atoms with Gasteiger partial charge in [-0.3, -0.25) is 4.99 Å². The molecular formula is C9H16N4OS. The minimum Gasteiger partial charge on any atom is -0.383 e. The molecule has 0 aliphatic rings. The molecule has 1 rings (SSSR count). The lowest BCUT2D eigenvalue weighted by molar-refractivity contribution is 0.208. The number of nitrogens with zero attached hydrogens (tertiary/aromatic N) is 2. The molecule has 0 bridgehead atoms. The summed E-state index contributed by atoms with van der Waals surface area (Å²) in [7, 11) is 1.65. The van der Waals surface area contributed by atoms with Crippen LogP contribution in [0, 0.1) is 13.8 Å². The molecule has 6 heteroatoms. The lowest BCUT2D eigenvalue weighted by atomic mass is 10.3. The Labute approximate surface area is 93.3 Å². The van der Waals surface area contributed by atoms with Crippen molar-refractivity contribution in [2.45, 2.75) is 13.8 Å². The summed E-state index contributed by atoms with van der Waals surface area (Å²) in [5.74, 6) is 6.10. The maximum Gasteiger partial charge on any atom is 0.154 e. The molecule has 0 radical (unpaired) electrons. The Balaban J connectivity index is 2.82. The van der Waals surface area contributed by atoms with E-state index >= 15 is 0 Å². The fourth-order valence-corrected chi connectivity index (χ4v) is 2.07. The standard InChI is InChI=1S/C9H16N4OS/c1-6-8(15-7(2)12-6)9(13-10)11-4-5-14-3/h4-5,10H2,1-3H3,(H,11,13). The fourth-order valence-electron chi connectivity index (χ4n) is 1.18. The highest BCUT2D eigenvalue weighted by atomic mass is 32.1. The number of nitrogens with two attached hydrogens (primary N) is 1. The minimum atomic E-state index is 0.585. The van der Waals surface area contributed by atoms with E-state index in [9.17, 15) is 0 Å². The van der Waals surface area contributed by atoms with Gasteiger partial charge in [-0.25, -0.2) is 10.8 Å². The number of nitrogens with one attached hydrogen (secondary N) is 1. The maximum atomic E-state index is 5.42. The molecule has 0 unspecified atom stereocenters. The largest absolute Gasteiger partial charge is 0.383 e. The first kappa shape index (κ1) is 12.1. The second-order valence-electron chi connectivity index (χ2n) is 3.01. The summed E-state index contributed by atoms with van der Waals surface area (Å²) in [6.45, 7) is 5.08. The fraction of sp³-hybridized carbons (Fsp3) is 0.556. The Hall–Kier alpha value is -0.980. The third-order valence-corrected chi connectivity index (χ3v) is 2.90. The Morgan fingerprint density at radius 2 is 2.33 bits per heavy atom. The lowest BCUT2D eigenvalue weighted by Crippen LogP contribution is -2.31. The summed E-state index contributed by atoms with van der Waals surface area (Å²) < 4.78 is 4.92. The zero-order chi connectivity index (χ0) is 11.3. The Morgan fingerprint density at radius 3 is 2.80 bits per heavy atom. The van der Waals surface area contributed by atoms with Crippen LogP contribution in [0.5, 0.6) is 0 Å². The molecular weight excluding hydrogens is 212 g/mol. The number of methoxy groups -OCH3 is 1. The highest BCUT2D eigenvalue weighted by molar-refractivity contribution is 7.13. The molecule has 5 nitrogen and oxygen atoms in total. The van der Waals surface area contributed by atoms with Crippen LogP contribution in [0.2, 0.25) is 0 Å². The van der Waals surface area contributed by atoms with Crippen molar-refractivity contribution in [1.82, 2.24) is 10.4 Å². The molecule has 1 heterocycles. The monoisotopic (exact) mass is 228 g/mol. The molecule has 0 saturated carbocycles. The van der Waals surface area contributed by atoms with Gasteiger partial charge in [-0.05, 0) is 13.8 Å². The minimum absolute atomic E-state index is 0.585. The molecule has 84 valence electrons. The Morgan fingerprint density at radius 1 is 1.60 bits per heavy atom. The van der Waals surface area contributed by atoms with Gasteiger partial charge in [-0.2, -0.15) is 0 Å². The van der Waals surface area contributed by atoms with Crippen LogP contribution in [0.15, 0.2) is 4.99 Å². The van der Waals surface area contributed by atoms with Gasteiger partial charge in [0.25, 0.3) is 0 Å². The lowest BCUT2D eigenvalue weighted by Gasteiger charge is -2.03. The van der Waals surface area contributed by atoms with E-state index < -0.39 is 0 Å². The predicted octanol–water partition coefficient (Wildman–Crippen LogP) is 0.616. The van der Waals surface area contributed by atoms with Crippen molar-refractivity contribution in [2.75, 3.05) is 20.3 Å². The average Bonchev–Trinajstić information content (AvgIpc) is 2.53. The van der Waals surface area contributed by atoms with Gasteiger partial charge >= 0.3 is 0 Å². The topological polar surface area (TPSA) is 72.5 Å². The van der Waals surface area contributed by atoms with Crippen LogP contribution in [0.3, 0.4) is 0 Å². The zero-order valence-electron chi connectivity index (χ0n) is 9.20. The van der Waals surface area contributed by atoms with Crippen molar-refractivity contribution < 1.29 is 4.74 Å². The maximum absolute atomic E-state index is 5.42. The second-order valence-corrected chi connectivity index (χ2v) is 4.22. The number of hydrogen-bond acceptors (Lipinski definition) is 5. The van der Waals surface area contributed by atoms with Crippen LogP contribution >= 0.6 is 11.3 Å². The number of aromatic nitrogens is 1. The van der Waals surface area contributed by atoms with E-state index in [2.05, 4.69) is 15.4 Å². The molecule has 0 spiro atoms. The highest BCUT2D eigenvalue weighted by Gasteiger charge is 2.10. The van der Waals surface area contributed by atoms with Crippen LogP contribution in [-0.2, 0) is 4.74 Å². The summed E-state index contributed by atoms with van der Waals surface area (Å²) >= 11 is 1.58. The predicted molar refractivity (Wildman–Crippen MR) is 62.2 cm³/mol. The van der Waals surface area contributed by atoms with Gasteiger partial charge in [0.1, 0.15) is 0 Å². The first-order chi connectivity index (χ1) is 7.19. The van der Waals surface area contributed by atoms with Crippen LogP contribution in [0.4, 0.5) is 0 Å². The molecule has 0 saturated heterocycles. The number of aliphatic imine (C=N–C) groups is 1. The van der Waals surface area contributed by atoms with Crippen molar-refractivity contribution in [3.8, 4) is 0 Å². The highest BCUT2D eigenvalue weighted by Crippen LogP contribution is 2.16. The van der Waals surface area contributed by atoms with Crippen molar-refractivity contribution in [2.24, 2.45) is 10.8 Å². The SMILES string of the molecule is COCCN=C(NN)c1sc(C)nc1C. The summed E-state index contributed by atoms with van der Waals surface area (Å²) in [6, 6.07) is 0. The number of rotatable bonds is 4. The van der Waals surface area contributed by atoms with Gasteiger partial charge in [0.2, 0.25) is 0 Å². The molecule has 3 N–H and O–H groups in total. The Bertz CT molecular complexity index is 348. The zero-order valence-corrected chi connectivity index (χ0v) is 10.0. The first-order valence-electron chi connectivity index (χ1n) is 4.63. The van der Waals surface area contributed by atoms with Crippen LogP contribution in [-0.4, -0.2) is 31.1 Å². The first-order valence-corrected chi connectivity index (χ1v) is 5.45. The van der Waals surface area contributed by atoms with E-state index in [4.69, 9.17) is 10.6 Å². The third kappa shape index (κ3) is 3.26. The average molecular weight is 228 g/mol. The van der Waals surface area contributed by atoms with Gasteiger partial charge in [-0.1, -0.05) is 0 Å². The molecule has 0 atom stereocenters. The van der Waals surface area contributed by atoms with Crippen LogP contribution in [0.25, 0.3) is 0 Å². The van der Waals surface area contributed by atoms with Crippen molar-refractivity contribution in [3.05, 3.63) is 15.6 Å². The molecule has 1 aromatic rings. The summed E-state index contributed by atoms with van der Waals surface area (Å²) in [6.07, 6.45) is 0. The van der Waals surface area contributed by atoms with E-state index in [1.165, 1.54) is 0 Å². The second kappa shape index (κ2) is 5.79. The molecule has 0 fully saturated rings. The van der Waals surface area contributed by atoms with Gasteiger partial charge < -0.3 is 10.2 Å². The van der Waals surface area contributed by atoms with Gasteiger partial charge in [0.15, 0.2) is 5.84 Å². The van der Waals surface area contributed by atoms with Crippen LogP contribution in [0.1, 0.15) is 15.6 Å². The molecule has 15 heavy (non-hydrogen) atoms. The number of hydrogen-bond donors (Lipinski definition) is 2. The van der Waals surface area contributed by atoms with E-state index in [1.807, 2.05) is 13.8 Å². The molecule has 1 aromatic heterocycles. The molecule has 0 aromatic carbocycles. The summed E-state index contributed by atoms with van der Waals surface area (Å²) in [5, 5.41) is 1.01. The number of ether oxygens (including phenoxy) is 1. The molecule has 0 amide bonds. The number of thiazole rings is 1. The van der Waals surface area contributed by atoms with Crippen molar-refractivity contribution in [3.63, 3.8) is 0 Å². The number of amidine groups is 1. The summed E-state index contributed by atoms with van der Waals surface area (Å²) in [4.78, 5) is 9.61. The third-order valence-electron chi connectivity index (χ3n) is 1.82. The number of hydrazine groups is 1. The number of aryl methyl sites for hydroxylation is 2. The van der Waals surface area contributed by atoms with E-state index in [1.54, 1.807) is 18.4 Å². The van der Waals surface area contributed by atoms with E-state index in [0.717, 1.165) is 15.6 Å². The molecule has 0 aliphatic heterocycles. The van der Waals surface area contributed by atoms with E-state index in [-0.39, 0.29) is 0 Å². The van der Waals surface area contributed by atoms with Gasteiger partial charge in [-0.15, -0.1) is 11.3 Å².